The fourth-order valence-corrected chi connectivity index (χ4v) is 4.15. The van der Waals surface area contributed by atoms with Crippen LogP contribution in [0.3, 0.4) is 0 Å². The number of benzene rings is 1. The highest BCUT2D eigenvalue weighted by atomic mass is 19.2. The smallest absolute Gasteiger partial charge is 0.194 e. The van der Waals surface area contributed by atoms with Crippen LogP contribution in [0.1, 0.15) is 37.3 Å². The summed E-state index contributed by atoms with van der Waals surface area (Å²) in [6.45, 7) is 0. The summed E-state index contributed by atoms with van der Waals surface area (Å²) in [5.41, 5.74) is 0.241. The van der Waals surface area contributed by atoms with Crippen molar-refractivity contribution in [2.45, 2.75) is 43.8 Å². The average molecular weight is 298 g/mol. The second-order valence-electron chi connectivity index (χ2n) is 6.31. The van der Waals surface area contributed by atoms with E-state index in [1.807, 2.05) is 0 Å². The Balaban J connectivity index is 1.88. The lowest BCUT2D eigenvalue weighted by Gasteiger charge is -2.40. The molecule has 2 aliphatic heterocycles. The molecule has 21 heavy (non-hydrogen) atoms. The molecule has 5 heteroatoms. The van der Waals surface area contributed by atoms with Gasteiger partial charge in [-0.2, -0.15) is 0 Å². The molecule has 0 saturated carbocycles. The minimum atomic E-state index is -1.37. The lowest BCUT2D eigenvalue weighted by atomic mass is 9.82. The molecule has 2 bridgehead atoms. The molecule has 0 amide bonds. The SMILES string of the molecule is CNC(c1ccc(F)c(F)c1F)C1CC2CCC(C1)N2C. The predicted octanol–water partition coefficient (Wildman–Crippen LogP) is 3.24. The Morgan fingerprint density at radius 3 is 2.29 bits per heavy atom. The van der Waals surface area contributed by atoms with Crippen LogP contribution < -0.4 is 5.32 Å². The topological polar surface area (TPSA) is 15.3 Å². The van der Waals surface area contributed by atoms with Crippen LogP contribution in [-0.4, -0.2) is 31.1 Å². The van der Waals surface area contributed by atoms with Gasteiger partial charge in [-0.05, 0) is 51.8 Å². The van der Waals surface area contributed by atoms with Crippen LogP contribution in [0.5, 0.6) is 0 Å². The van der Waals surface area contributed by atoms with Gasteiger partial charge in [0.2, 0.25) is 0 Å². The summed E-state index contributed by atoms with van der Waals surface area (Å²) in [5.74, 6) is -3.30. The number of rotatable bonds is 3. The van der Waals surface area contributed by atoms with Crippen LogP contribution in [0.25, 0.3) is 0 Å². The number of hydrogen-bond donors (Lipinski definition) is 1. The lowest BCUT2D eigenvalue weighted by Crippen LogP contribution is -2.43. The van der Waals surface area contributed by atoms with Crippen LogP contribution in [0, 0.1) is 23.4 Å². The summed E-state index contributed by atoms with van der Waals surface area (Å²) in [6, 6.07) is 3.17. The molecule has 3 atom stereocenters. The van der Waals surface area contributed by atoms with Crippen LogP contribution in [0.4, 0.5) is 13.2 Å². The molecule has 3 unspecified atom stereocenters. The molecular weight excluding hydrogens is 277 g/mol. The highest BCUT2D eigenvalue weighted by Gasteiger charge is 2.41. The van der Waals surface area contributed by atoms with Gasteiger partial charge in [0.05, 0.1) is 0 Å². The molecule has 1 aromatic carbocycles. The summed E-state index contributed by atoms with van der Waals surface area (Å²) >= 11 is 0. The van der Waals surface area contributed by atoms with Crippen molar-refractivity contribution < 1.29 is 13.2 Å². The predicted molar refractivity (Wildman–Crippen MR) is 75.4 cm³/mol. The summed E-state index contributed by atoms with van der Waals surface area (Å²) in [7, 11) is 3.90. The van der Waals surface area contributed by atoms with Crippen molar-refractivity contribution in [1.29, 1.82) is 0 Å². The first-order valence-electron chi connectivity index (χ1n) is 7.55. The maximum absolute atomic E-state index is 14.1. The number of fused-ring (bicyclic) bond motifs is 2. The number of halogens is 3. The molecule has 116 valence electrons. The number of nitrogens with zero attached hydrogens (tertiary/aromatic N) is 1. The molecule has 2 fully saturated rings. The van der Waals surface area contributed by atoms with Crippen LogP contribution >= 0.6 is 0 Å². The van der Waals surface area contributed by atoms with Crippen molar-refractivity contribution in [2.75, 3.05) is 14.1 Å². The van der Waals surface area contributed by atoms with E-state index in [4.69, 9.17) is 0 Å². The third-order valence-electron chi connectivity index (χ3n) is 5.32. The van der Waals surface area contributed by atoms with E-state index in [-0.39, 0.29) is 17.5 Å². The van der Waals surface area contributed by atoms with E-state index in [0.717, 1.165) is 18.9 Å². The monoisotopic (exact) mass is 298 g/mol. The molecule has 2 nitrogen and oxygen atoms in total. The first kappa shape index (κ1) is 14.9. The summed E-state index contributed by atoms with van der Waals surface area (Å²) in [4.78, 5) is 2.41. The van der Waals surface area contributed by atoms with Gasteiger partial charge in [0.15, 0.2) is 17.5 Å². The molecule has 1 aromatic rings. The van der Waals surface area contributed by atoms with E-state index in [1.165, 1.54) is 18.9 Å². The van der Waals surface area contributed by atoms with Crippen LogP contribution in [0.15, 0.2) is 12.1 Å². The molecule has 2 heterocycles. The number of nitrogens with one attached hydrogen (secondary N) is 1. The van der Waals surface area contributed by atoms with Crippen molar-refractivity contribution in [3.63, 3.8) is 0 Å². The Morgan fingerprint density at radius 1 is 1.10 bits per heavy atom. The standard InChI is InChI=1S/C16H21F3N2/c1-20-16(12-5-6-13(17)15(19)14(12)18)9-7-10-3-4-11(8-9)21(10)2/h5-6,9-11,16,20H,3-4,7-8H2,1-2H3. The Bertz CT molecular complexity index is 520. The van der Waals surface area contributed by atoms with Gasteiger partial charge in [0.1, 0.15) is 0 Å². The molecule has 3 rings (SSSR count). The fourth-order valence-electron chi connectivity index (χ4n) is 4.15. The molecule has 2 aliphatic rings. The van der Waals surface area contributed by atoms with Gasteiger partial charge in [0, 0.05) is 23.7 Å². The zero-order valence-electron chi connectivity index (χ0n) is 12.4. The van der Waals surface area contributed by atoms with Crippen molar-refractivity contribution >= 4 is 0 Å². The normalized spacial score (nSPS) is 30.6. The van der Waals surface area contributed by atoms with Crippen molar-refractivity contribution in [1.82, 2.24) is 10.2 Å². The maximum Gasteiger partial charge on any atom is 0.194 e. The minimum Gasteiger partial charge on any atom is -0.313 e. The molecule has 0 aromatic heterocycles. The van der Waals surface area contributed by atoms with Gasteiger partial charge in [-0.25, -0.2) is 13.2 Å². The molecule has 2 saturated heterocycles. The van der Waals surface area contributed by atoms with E-state index in [2.05, 4.69) is 17.3 Å². The van der Waals surface area contributed by atoms with E-state index in [1.54, 1.807) is 7.05 Å². The Morgan fingerprint density at radius 2 is 1.71 bits per heavy atom. The van der Waals surface area contributed by atoms with Crippen LogP contribution in [-0.2, 0) is 0 Å². The van der Waals surface area contributed by atoms with E-state index in [9.17, 15) is 13.2 Å². The second-order valence-corrected chi connectivity index (χ2v) is 6.31. The Hall–Kier alpha value is -1.07. The van der Waals surface area contributed by atoms with Crippen molar-refractivity contribution in [3.05, 3.63) is 35.1 Å². The van der Waals surface area contributed by atoms with Gasteiger partial charge in [-0.15, -0.1) is 0 Å². The summed E-state index contributed by atoms with van der Waals surface area (Å²) in [5, 5.41) is 3.11. The van der Waals surface area contributed by atoms with Gasteiger partial charge in [-0.1, -0.05) is 6.07 Å². The van der Waals surface area contributed by atoms with Gasteiger partial charge >= 0.3 is 0 Å². The summed E-state index contributed by atoms with van der Waals surface area (Å²) < 4.78 is 40.7. The fraction of sp³-hybridized carbons (Fsp3) is 0.625. The highest BCUT2D eigenvalue weighted by Crippen LogP contribution is 2.43. The van der Waals surface area contributed by atoms with E-state index < -0.39 is 17.5 Å². The number of hydrogen-bond acceptors (Lipinski definition) is 2. The largest absolute Gasteiger partial charge is 0.313 e. The molecule has 0 aliphatic carbocycles. The zero-order valence-corrected chi connectivity index (χ0v) is 12.4. The second kappa shape index (κ2) is 5.61. The molecule has 0 radical (unpaired) electrons. The third-order valence-corrected chi connectivity index (χ3v) is 5.32. The van der Waals surface area contributed by atoms with Gasteiger partial charge in [0.25, 0.3) is 0 Å². The van der Waals surface area contributed by atoms with Crippen LogP contribution in [0.2, 0.25) is 0 Å². The van der Waals surface area contributed by atoms with Crippen molar-refractivity contribution in [3.8, 4) is 0 Å². The van der Waals surface area contributed by atoms with Gasteiger partial charge < -0.3 is 10.2 Å². The zero-order chi connectivity index (χ0) is 15.1. The maximum atomic E-state index is 14.1. The lowest BCUT2D eigenvalue weighted by molar-refractivity contribution is 0.113. The first-order chi connectivity index (χ1) is 10.0. The summed E-state index contributed by atoms with van der Waals surface area (Å²) in [6.07, 6.45) is 4.29. The molecule has 1 N–H and O–H groups in total. The minimum absolute atomic E-state index is 0.241. The van der Waals surface area contributed by atoms with E-state index >= 15 is 0 Å². The Kier molecular flexibility index (Phi) is 3.97. The Labute approximate surface area is 123 Å². The molecular formula is C16H21F3N2. The van der Waals surface area contributed by atoms with Crippen molar-refractivity contribution in [2.24, 2.45) is 5.92 Å². The number of piperidine rings is 1. The van der Waals surface area contributed by atoms with Gasteiger partial charge in [-0.3, -0.25) is 0 Å². The molecule has 0 spiro atoms. The quantitative estimate of drug-likeness (QED) is 0.862. The third kappa shape index (κ3) is 2.46. The highest BCUT2D eigenvalue weighted by molar-refractivity contribution is 5.25. The van der Waals surface area contributed by atoms with E-state index in [0.29, 0.717) is 12.1 Å². The average Bonchev–Trinajstić information content (AvgIpc) is 2.70. The first-order valence-corrected chi connectivity index (χ1v) is 7.55.